The molecule has 0 saturated heterocycles. The lowest BCUT2D eigenvalue weighted by molar-refractivity contribution is -0.138. The van der Waals surface area contributed by atoms with Gasteiger partial charge >= 0.3 is 12.1 Å². The standard InChI is InChI=1S/C26H30N2O5/c29-24(28(18-12-13-18)16-14-25(30)31)11-5-6-15-27-26(32)33-17-23-21-9-3-1-7-19(21)20-8-2-4-10-22(20)23/h1-4,7-10,18,23H,5-6,11-17H2,(H,27,32)(H,30,31). The number of rotatable bonds is 11. The first kappa shape index (κ1) is 22.8. The lowest BCUT2D eigenvalue weighted by atomic mass is 9.98. The Morgan fingerprint density at radius 1 is 0.939 bits per heavy atom. The molecule has 0 spiro atoms. The molecule has 0 atom stereocenters. The Hall–Kier alpha value is -3.35. The SMILES string of the molecule is O=C(O)CCN(C(=O)CCCCNC(=O)OCC1c2ccccc2-c2ccccc21)C1CC1. The van der Waals surface area contributed by atoms with Gasteiger partial charge in [-0.15, -0.1) is 0 Å². The third-order valence-corrected chi connectivity index (χ3v) is 6.30. The number of carbonyl (C=O) groups excluding carboxylic acids is 2. The highest BCUT2D eigenvalue weighted by molar-refractivity contribution is 5.79. The van der Waals surface area contributed by atoms with E-state index in [4.69, 9.17) is 9.84 Å². The predicted octanol–water partition coefficient (Wildman–Crippen LogP) is 4.16. The van der Waals surface area contributed by atoms with Gasteiger partial charge in [0.2, 0.25) is 5.91 Å². The van der Waals surface area contributed by atoms with Crippen molar-refractivity contribution in [1.82, 2.24) is 10.2 Å². The third kappa shape index (κ3) is 5.72. The fourth-order valence-corrected chi connectivity index (χ4v) is 4.50. The molecule has 2 aromatic rings. The number of fused-ring (bicyclic) bond motifs is 3. The normalized spacial score (nSPS) is 14.3. The molecule has 0 bridgehead atoms. The molecular formula is C26H30N2O5. The Morgan fingerprint density at radius 2 is 1.58 bits per heavy atom. The lowest BCUT2D eigenvalue weighted by Gasteiger charge is -2.21. The Bertz CT molecular complexity index is 972. The van der Waals surface area contributed by atoms with E-state index in [1.807, 2.05) is 24.3 Å². The van der Waals surface area contributed by atoms with Gasteiger partial charge < -0.3 is 20.1 Å². The number of alkyl carbamates (subject to hydrolysis) is 1. The van der Waals surface area contributed by atoms with Crippen molar-refractivity contribution in [1.29, 1.82) is 0 Å². The van der Waals surface area contributed by atoms with Crippen LogP contribution in [0.3, 0.4) is 0 Å². The number of hydrogen-bond acceptors (Lipinski definition) is 4. The van der Waals surface area contributed by atoms with Crippen LogP contribution in [0.15, 0.2) is 48.5 Å². The number of aliphatic carboxylic acids is 1. The molecule has 0 unspecified atom stereocenters. The summed E-state index contributed by atoms with van der Waals surface area (Å²) in [7, 11) is 0. The van der Waals surface area contributed by atoms with E-state index in [1.54, 1.807) is 4.90 Å². The van der Waals surface area contributed by atoms with Crippen LogP contribution in [0, 0.1) is 0 Å². The molecule has 2 N–H and O–H groups in total. The Labute approximate surface area is 193 Å². The molecule has 4 rings (SSSR count). The first-order chi connectivity index (χ1) is 16.0. The van der Waals surface area contributed by atoms with Crippen molar-refractivity contribution in [3.63, 3.8) is 0 Å². The van der Waals surface area contributed by atoms with E-state index in [9.17, 15) is 14.4 Å². The second-order valence-electron chi connectivity index (χ2n) is 8.67. The molecule has 7 heteroatoms. The number of hydrogen-bond donors (Lipinski definition) is 2. The minimum Gasteiger partial charge on any atom is -0.481 e. The van der Waals surface area contributed by atoms with E-state index in [0.29, 0.717) is 25.8 Å². The summed E-state index contributed by atoms with van der Waals surface area (Å²) in [6.45, 7) is 0.984. The molecule has 2 aliphatic carbocycles. The van der Waals surface area contributed by atoms with Crippen LogP contribution in [0.1, 0.15) is 55.6 Å². The van der Waals surface area contributed by atoms with Crippen molar-refractivity contribution >= 4 is 18.0 Å². The Morgan fingerprint density at radius 3 is 2.18 bits per heavy atom. The van der Waals surface area contributed by atoms with Crippen molar-refractivity contribution in [2.75, 3.05) is 19.7 Å². The quantitative estimate of drug-likeness (QED) is 0.501. The predicted molar refractivity (Wildman–Crippen MR) is 124 cm³/mol. The van der Waals surface area contributed by atoms with Crippen LogP contribution in [-0.4, -0.2) is 53.7 Å². The molecule has 1 fully saturated rings. The first-order valence-corrected chi connectivity index (χ1v) is 11.6. The molecule has 174 valence electrons. The molecule has 2 aliphatic rings. The number of nitrogens with one attached hydrogen (secondary N) is 1. The summed E-state index contributed by atoms with van der Waals surface area (Å²) in [4.78, 5) is 37.1. The molecule has 2 aromatic carbocycles. The van der Waals surface area contributed by atoms with Gasteiger partial charge in [0.15, 0.2) is 0 Å². The Kier molecular flexibility index (Phi) is 7.27. The number of ether oxygens (including phenoxy) is 1. The van der Waals surface area contributed by atoms with E-state index in [0.717, 1.165) is 12.8 Å². The number of carbonyl (C=O) groups is 3. The maximum atomic E-state index is 12.4. The average molecular weight is 451 g/mol. The van der Waals surface area contributed by atoms with Gasteiger partial charge in [-0.25, -0.2) is 4.79 Å². The van der Waals surface area contributed by atoms with Crippen LogP contribution in [-0.2, 0) is 14.3 Å². The van der Waals surface area contributed by atoms with Crippen LogP contribution in [0.25, 0.3) is 11.1 Å². The molecule has 0 heterocycles. The summed E-state index contributed by atoms with van der Waals surface area (Å²) in [5.74, 6) is -0.861. The van der Waals surface area contributed by atoms with Crippen molar-refractivity contribution in [3.05, 3.63) is 59.7 Å². The van der Waals surface area contributed by atoms with E-state index < -0.39 is 12.1 Å². The fraction of sp³-hybridized carbons (Fsp3) is 0.423. The molecule has 0 aliphatic heterocycles. The van der Waals surface area contributed by atoms with Gasteiger partial charge in [0.05, 0.1) is 6.42 Å². The van der Waals surface area contributed by atoms with E-state index >= 15 is 0 Å². The minimum absolute atomic E-state index is 0.000101. The number of unbranched alkanes of at least 4 members (excludes halogenated alkanes) is 1. The van der Waals surface area contributed by atoms with Crippen LogP contribution < -0.4 is 5.32 Å². The zero-order valence-corrected chi connectivity index (χ0v) is 18.7. The minimum atomic E-state index is -0.888. The highest BCUT2D eigenvalue weighted by Gasteiger charge is 2.32. The van der Waals surface area contributed by atoms with Crippen LogP contribution in [0.2, 0.25) is 0 Å². The number of benzene rings is 2. The number of amides is 2. The maximum absolute atomic E-state index is 12.4. The molecule has 0 radical (unpaired) electrons. The zero-order valence-electron chi connectivity index (χ0n) is 18.7. The summed E-state index contributed by atoms with van der Waals surface area (Å²) in [5, 5.41) is 11.6. The Balaban J connectivity index is 1.17. The van der Waals surface area contributed by atoms with Gasteiger partial charge in [-0.2, -0.15) is 0 Å². The zero-order chi connectivity index (χ0) is 23.2. The van der Waals surface area contributed by atoms with Crippen LogP contribution in [0.5, 0.6) is 0 Å². The summed E-state index contributed by atoms with van der Waals surface area (Å²) >= 11 is 0. The van der Waals surface area contributed by atoms with Gasteiger partial charge in [0.25, 0.3) is 0 Å². The fourth-order valence-electron chi connectivity index (χ4n) is 4.50. The van der Waals surface area contributed by atoms with Crippen molar-refractivity contribution in [2.24, 2.45) is 0 Å². The second-order valence-corrected chi connectivity index (χ2v) is 8.67. The summed E-state index contributed by atoms with van der Waals surface area (Å²) in [6.07, 6.45) is 3.09. The highest BCUT2D eigenvalue weighted by Crippen LogP contribution is 2.44. The maximum Gasteiger partial charge on any atom is 0.407 e. The van der Waals surface area contributed by atoms with Gasteiger partial charge in [-0.1, -0.05) is 48.5 Å². The molecule has 2 amide bonds. The lowest BCUT2D eigenvalue weighted by Crippen LogP contribution is -2.35. The van der Waals surface area contributed by atoms with Crippen molar-refractivity contribution in [2.45, 2.75) is 50.5 Å². The van der Waals surface area contributed by atoms with Gasteiger partial charge in [-0.05, 0) is 47.9 Å². The number of carboxylic acid groups (broad SMARTS) is 1. The third-order valence-electron chi connectivity index (χ3n) is 6.30. The smallest absolute Gasteiger partial charge is 0.407 e. The largest absolute Gasteiger partial charge is 0.481 e. The van der Waals surface area contributed by atoms with E-state index in [-0.39, 0.29) is 37.4 Å². The summed E-state index contributed by atoms with van der Waals surface area (Å²) < 4.78 is 5.52. The first-order valence-electron chi connectivity index (χ1n) is 11.6. The second kappa shape index (κ2) is 10.5. The summed E-state index contributed by atoms with van der Waals surface area (Å²) in [5.41, 5.74) is 4.73. The average Bonchev–Trinajstić information content (AvgIpc) is 3.60. The topological polar surface area (TPSA) is 95.9 Å². The van der Waals surface area contributed by atoms with E-state index in [2.05, 4.69) is 29.6 Å². The van der Waals surface area contributed by atoms with Gasteiger partial charge in [0.1, 0.15) is 6.61 Å². The summed E-state index contributed by atoms with van der Waals surface area (Å²) in [6, 6.07) is 16.6. The van der Waals surface area contributed by atoms with Crippen LogP contribution in [0.4, 0.5) is 4.79 Å². The highest BCUT2D eigenvalue weighted by atomic mass is 16.5. The van der Waals surface area contributed by atoms with Crippen molar-refractivity contribution < 1.29 is 24.2 Å². The molecule has 33 heavy (non-hydrogen) atoms. The number of carboxylic acids is 1. The monoisotopic (exact) mass is 450 g/mol. The van der Waals surface area contributed by atoms with Crippen molar-refractivity contribution in [3.8, 4) is 11.1 Å². The molecule has 7 nitrogen and oxygen atoms in total. The van der Waals surface area contributed by atoms with Gasteiger partial charge in [-0.3, -0.25) is 9.59 Å². The number of nitrogens with zero attached hydrogens (tertiary/aromatic N) is 1. The van der Waals surface area contributed by atoms with Crippen LogP contribution >= 0.6 is 0 Å². The molecule has 1 saturated carbocycles. The van der Waals surface area contributed by atoms with E-state index in [1.165, 1.54) is 22.3 Å². The van der Waals surface area contributed by atoms with Gasteiger partial charge in [0, 0.05) is 31.5 Å². The molecular weight excluding hydrogens is 420 g/mol. The molecule has 0 aromatic heterocycles.